The number of halogens is 4. The predicted molar refractivity (Wildman–Crippen MR) is 120 cm³/mol. The van der Waals surface area contributed by atoms with Gasteiger partial charge in [0, 0.05) is 12.5 Å². The van der Waals surface area contributed by atoms with Crippen LogP contribution in [0.5, 0.6) is 5.75 Å². The Morgan fingerprint density at radius 2 is 1.56 bits per heavy atom. The number of aromatic hydroxyl groups is 1. The van der Waals surface area contributed by atoms with Crippen molar-refractivity contribution in [3.05, 3.63) is 96.9 Å². The van der Waals surface area contributed by atoms with Crippen LogP contribution < -0.4 is 5.43 Å². The second kappa shape index (κ2) is 7.93. The molecule has 10 heteroatoms. The molecule has 1 atom stereocenters. The molecule has 0 saturated heterocycles. The number of fused-ring (bicyclic) bond motifs is 3. The average Bonchev–Trinajstić information content (AvgIpc) is 3.07. The first-order valence-electron chi connectivity index (χ1n) is 9.58. The third kappa shape index (κ3) is 3.38. The zero-order valence-electron chi connectivity index (χ0n) is 16.2. The van der Waals surface area contributed by atoms with Gasteiger partial charge < -0.3 is 9.67 Å². The number of nitrogens with zero attached hydrogens (tertiary/aromatic N) is 4. The Labute approximate surface area is 197 Å². The lowest BCUT2D eigenvalue weighted by atomic mass is 9.84. The lowest BCUT2D eigenvalue weighted by molar-refractivity contribution is 0.329. The summed E-state index contributed by atoms with van der Waals surface area (Å²) >= 11 is 6.89. The van der Waals surface area contributed by atoms with E-state index in [1.807, 2.05) is 4.57 Å². The molecule has 5 rings (SSSR count). The van der Waals surface area contributed by atoms with E-state index in [1.54, 1.807) is 28.9 Å². The molecule has 32 heavy (non-hydrogen) atoms. The van der Waals surface area contributed by atoms with Crippen molar-refractivity contribution in [1.82, 2.24) is 19.3 Å². The van der Waals surface area contributed by atoms with Gasteiger partial charge in [0.15, 0.2) is 11.6 Å². The number of rotatable bonds is 3. The molecule has 2 aromatic carbocycles. The Morgan fingerprint density at radius 3 is 2.12 bits per heavy atom. The summed E-state index contributed by atoms with van der Waals surface area (Å²) in [6.07, 6.45) is 1.06. The number of aromatic nitrogens is 4. The molecule has 1 N–H and O–H groups in total. The van der Waals surface area contributed by atoms with Gasteiger partial charge >= 0.3 is 0 Å². The van der Waals surface area contributed by atoms with E-state index in [0.717, 1.165) is 17.3 Å². The molecule has 0 radical (unpaired) electrons. The minimum absolute atomic E-state index is 0.175. The van der Waals surface area contributed by atoms with Gasteiger partial charge in [0.2, 0.25) is 5.43 Å². The van der Waals surface area contributed by atoms with Crippen LogP contribution in [0.3, 0.4) is 0 Å². The van der Waals surface area contributed by atoms with Gasteiger partial charge in [-0.2, -0.15) is 5.10 Å². The van der Waals surface area contributed by atoms with Crippen molar-refractivity contribution in [3.63, 3.8) is 0 Å². The molecular formula is C22H14Br2F2N4O2. The van der Waals surface area contributed by atoms with E-state index < -0.39 is 23.1 Å². The third-order valence-electron chi connectivity index (χ3n) is 5.59. The number of imidazole rings is 1. The van der Waals surface area contributed by atoms with Gasteiger partial charge in [-0.1, -0.05) is 24.3 Å². The molecule has 1 aliphatic heterocycles. The van der Waals surface area contributed by atoms with Crippen molar-refractivity contribution in [1.29, 1.82) is 0 Å². The van der Waals surface area contributed by atoms with Crippen LogP contribution in [0.25, 0.3) is 11.5 Å². The summed E-state index contributed by atoms with van der Waals surface area (Å²) < 4.78 is 31.9. The second-order valence-corrected chi connectivity index (χ2v) is 8.93. The molecule has 0 amide bonds. The molecule has 1 aliphatic rings. The van der Waals surface area contributed by atoms with E-state index in [-0.39, 0.29) is 17.3 Å². The summed E-state index contributed by atoms with van der Waals surface area (Å²) in [6.45, 7) is 0.371. The Hall–Kier alpha value is -2.85. The lowest BCUT2D eigenvalue weighted by Gasteiger charge is -2.35. The van der Waals surface area contributed by atoms with Crippen LogP contribution in [0.4, 0.5) is 8.78 Å². The largest absolute Gasteiger partial charge is 0.503 e. The van der Waals surface area contributed by atoms with Gasteiger partial charge in [0.05, 0.1) is 12.2 Å². The third-order valence-corrected chi connectivity index (χ3v) is 7.48. The Bertz CT molecular complexity index is 1340. The van der Waals surface area contributed by atoms with Crippen LogP contribution in [0.1, 0.15) is 23.1 Å². The van der Waals surface area contributed by atoms with E-state index in [0.29, 0.717) is 21.6 Å². The number of hydrogen-bond acceptors (Lipinski definition) is 4. The maximum Gasteiger partial charge on any atom is 0.242 e. The van der Waals surface area contributed by atoms with Crippen LogP contribution in [-0.2, 0) is 6.54 Å². The second-order valence-electron chi connectivity index (χ2n) is 7.43. The van der Waals surface area contributed by atoms with Gasteiger partial charge in [0.25, 0.3) is 0 Å². The van der Waals surface area contributed by atoms with Gasteiger partial charge in [-0.3, -0.25) is 9.48 Å². The van der Waals surface area contributed by atoms with E-state index in [9.17, 15) is 18.7 Å². The fraction of sp³-hybridized carbons (Fsp3) is 0.136. The Morgan fingerprint density at radius 1 is 1.00 bits per heavy atom. The molecular weight excluding hydrogens is 550 g/mol. The topological polar surface area (TPSA) is 72.9 Å². The van der Waals surface area contributed by atoms with Gasteiger partial charge in [-0.25, -0.2) is 13.8 Å². The summed E-state index contributed by atoms with van der Waals surface area (Å²) in [5.74, 6) is -1.24. The predicted octanol–water partition coefficient (Wildman–Crippen LogP) is 5.00. The van der Waals surface area contributed by atoms with Crippen molar-refractivity contribution in [2.24, 2.45) is 0 Å². The fourth-order valence-electron chi connectivity index (χ4n) is 4.16. The highest BCUT2D eigenvalue weighted by molar-refractivity contribution is 9.13. The first-order valence-corrected chi connectivity index (χ1v) is 11.2. The zero-order chi connectivity index (χ0) is 22.6. The van der Waals surface area contributed by atoms with E-state index in [2.05, 4.69) is 41.9 Å². The molecule has 0 unspecified atom stereocenters. The molecule has 0 aliphatic carbocycles. The number of benzene rings is 2. The average molecular weight is 564 g/mol. The SMILES string of the molecule is O=c1cnn2c(c1O)-c1nc(Br)c(Br)n1C[C@@H]2C(c1ccc(F)cc1)c1ccc(F)cc1. The number of hydrogen-bond donors (Lipinski definition) is 1. The molecule has 162 valence electrons. The van der Waals surface area contributed by atoms with Gasteiger partial charge in [0.1, 0.15) is 26.5 Å². The van der Waals surface area contributed by atoms with Gasteiger partial charge in [-0.05, 0) is 67.3 Å². The fourth-order valence-corrected chi connectivity index (χ4v) is 4.94. The van der Waals surface area contributed by atoms with Crippen molar-refractivity contribution in [2.45, 2.75) is 18.5 Å². The normalized spacial score (nSPS) is 15.0. The smallest absolute Gasteiger partial charge is 0.242 e. The minimum atomic E-state index is -0.626. The molecule has 0 bridgehead atoms. The van der Waals surface area contributed by atoms with E-state index in [4.69, 9.17) is 0 Å². The summed E-state index contributed by atoms with van der Waals surface area (Å²) in [6, 6.07) is 11.7. The maximum absolute atomic E-state index is 13.7. The Kier molecular flexibility index (Phi) is 5.21. The highest BCUT2D eigenvalue weighted by Gasteiger charge is 2.37. The van der Waals surface area contributed by atoms with Gasteiger partial charge in [-0.15, -0.1) is 0 Å². The first-order chi connectivity index (χ1) is 15.3. The maximum atomic E-state index is 13.7. The van der Waals surface area contributed by atoms with Crippen molar-refractivity contribution in [3.8, 4) is 17.3 Å². The molecule has 3 heterocycles. The van der Waals surface area contributed by atoms with Crippen molar-refractivity contribution in [2.75, 3.05) is 0 Å². The summed E-state index contributed by atoms with van der Waals surface area (Å²) in [4.78, 5) is 16.6. The van der Waals surface area contributed by atoms with Crippen molar-refractivity contribution >= 4 is 31.9 Å². The van der Waals surface area contributed by atoms with Crippen LogP contribution in [0.2, 0.25) is 0 Å². The van der Waals surface area contributed by atoms with Crippen LogP contribution in [0, 0.1) is 11.6 Å². The quantitative estimate of drug-likeness (QED) is 0.381. The van der Waals surface area contributed by atoms with Crippen LogP contribution >= 0.6 is 31.9 Å². The molecule has 2 aromatic heterocycles. The molecule has 4 aromatic rings. The summed E-state index contributed by atoms with van der Waals surface area (Å²) in [5, 5.41) is 15.0. The van der Waals surface area contributed by atoms with Crippen LogP contribution in [0.15, 0.2) is 68.7 Å². The molecule has 0 fully saturated rings. The zero-order valence-corrected chi connectivity index (χ0v) is 19.4. The first kappa shape index (κ1) is 21.0. The minimum Gasteiger partial charge on any atom is -0.503 e. The van der Waals surface area contributed by atoms with Crippen molar-refractivity contribution < 1.29 is 13.9 Å². The Balaban J connectivity index is 1.77. The monoisotopic (exact) mass is 562 g/mol. The molecule has 0 spiro atoms. The van der Waals surface area contributed by atoms with E-state index in [1.165, 1.54) is 24.3 Å². The molecule has 6 nitrogen and oxygen atoms in total. The van der Waals surface area contributed by atoms with E-state index >= 15 is 0 Å². The summed E-state index contributed by atoms with van der Waals surface area (Å²) in [5.41, 5.74) is 1.09. The highest BCUT2D eigenvalue weighted by atomic mass is 79.9. The van der Waals surface area contributed by atoms with Crippen LogP contribution in [-0.4, -0.2) is 24.4 Å². The molecule has 0 saturated carbocycles. The highest BCUT2D eigenvalue weighted by Crippen LogP contribution is 2.44. The lowest BCUT2D eigenvalue weighted by Crippen LogP contribution is -2.32. The summed E-state index contributed by atoms with van der Waals surface area (Å²) in [7, 11) is 0. The standard InChI is InChI=1S/C22H14Br2F2N4O2/c23-20-21(24)29-10-15(30-18(22(29)28-20)19(32)16(31)9-27-30)17(11-1-5-13(25)6-2-11)12-3-7-14(26)8-4-12/h1-9,15,17,32H,10H2/t15-/m1/s1.